The van der Waals surface area contributed by atoms with E-state index in [1.165, 1.54) is 0 Å². The Morgan fingerprint density at radius 2 is 1.82 bits per heavy atom. The first-order chi connectivity index (χ1) is 15.9. The van der Waals surface area contributed by atoms with Gasteiger partial charge in [-0.25, -0.2) is 0 Å². The van der Waals surface area contributed by atoms with Crippen molar-refractivity contribution >= 4 is 41.0 Å². The van der Waals surface area contributed by atoms with E-state index in [4.69, 9.17) is 16.3 Å². The maximum atomic E-state index is 12.8. The Balaban J connectivity index is 1.51. The van der Waals surface area contributed by atoms with Crippen LogP contribution in [0, 0.1) is 12.8 Å². The van der Waals surface area contributed by atoms with Crippen molar-refractivity contribution in [3.8, 4) is 0 Å². The van der Waals surface area contributed by atoms with E-state index in [2.05, 4.69) is 10.7 Å². The van der Waals surface area contributed by atoms with Crippen LogP contribution in [-0.4, -0.2) is 41.9 Å². The maximum Gasteiger partial charge on any atom is 0.416 e. The number of rotatable bonds is 6. The van der Waals surface area contributed by atoms with Crippen molar-refractivity contribution in [3.05, 3.63) is 64.2 Å². The minimum absolute atomic E-state index is 0.131. The lowest BCUT2D eigenvalue weighted by atomic mass is 10.1. The molecule has 0 spiro atoms. The Morgan fingerprint density at radius 1 is 1.15 bits per heavy atom. The highest BCUT2D eigenvalue weighted by Crippen LogP contribution is 2.33. The molecule has 12 heteroatoms. The first kappa shape index (κ1) is 25.0. The predicted molar refractivity (Wildman–Crippen MR) is 115 cm³/mol. The van der Waals surface area contributed by atoms with Gasteiger partial charge in [0, 0.05) is 12.0 Å². The van der Waals surface area contributed by atoms with Gasteiger partial charge in [0.25, 0.3) is 11.8 Å². The molecule has 1 atom stereocenters. The van der Waals surface area contributed by atoms with Gasteiger partial charge >= 0.3 is 12.1 Å². The topological polar surface area (TPSA) is 105 Å². The Hall–Kier alpha value is -3.60. The lowest BCUT2D eigenvalue weighted by molar-refractivity contribution is -0.151. The maximum absolute atomic E-state index is 12.8. The number of carbonyl (C=O) groups is 4. The summed E-state index contributed by atoms with van der Waals surface area (Å²) in [5.74, 6) is -3.76. The fraction of sp³-hybridized carbons (Fsp3) is 0.273. The molecule has 1 aliphatic heterocycles. The third-order valence-corrected chi connectivity index (χ3v) is 5.25. The molecule has 3 rings (SSSR count). The number of aryl methyl sites for hydroxylation is 1. The van der Waals surface area contributed by atoms with Crippen molar-refractivity contribution in [1.82, 2.24) is 10.4 Å². The van der Waals surface area contributed by atoms with Crippen molar-refractivity contribution in [2.45, 2.75) is 19.5 Å². The molecule has 1 fully saturated rings. The molecule has 0 radical (unpaired) electrons. The van der Waals surface area contributed by atoms with Crippen LogP contribution >= 0.6 is 11.6 Å². The van der Waals surface area contributed by atoms with E-state index in [1.807, 2.05) is 6.92 Å². The summed E-state index contributed by atoms with van der Waals surface area (Å²) in [5, 5.41) is 3.02. The number of hydrogen-bond donors (Lipinski definition) is 2. The van der Waals surface area contributed by atoms with Crippen LogP contribution in [0.1, 0.15) is 27.9 Å². The van der Waals surface area contributed by atoms with Crippen LogP contribution in [0.3, 0.4) is 0 Å². The fourth-order valence-electron chi connectivity index (χ4n) is 3.10. The number of hydrogen-bond acceptors (Lipinski definition) is 5. The van der Waals surface area contributed by atoms with E-state index in [0.717, 1.165) is 22.7 Å². The van der Waals surface area contributed by atoms with Crippen LogP contribution in [0.4, 0.5) is 18.9 Å². The second kappa shape index (κ2) is 10.1. The molecule has 0 bridgehead atoms. The van der Waals surface area contributed by atoms with Crippen LogP contribution in [0.25, 0.3) is 0 Å². The van der Waals surface area contributed by atoms with Crippen LogP contribution in [0.15, 0.2) is 42.5 Å². The monoisotopic (exact) mass is 497 g/mol. The van der Waals surface area contributed by atoms with Crippen LogP contribution in [0.2, 0.25) is 5.02 Å². The molecule has 0 saturated carbocycles. The van der Waals surface area contributed by atoms with Crippen LogP contribution in [0.5, 0.6) is 0 Å². The van der Waals surface area contributed by atoms with E-state index < -0.39 is 48.0 Å². The molecule has 180 valence electrons. The minimum atomic E-state index is -4.63. The zero-order valence-corrected chi connectivity index (χ0v) is 18.5. The zero-order chi connectivity index (χ0) is 25.0. The number of amides is 3. The molecular weight excluding hydrogens is 479 g/mol. The number of nitrogens with zero attached hydrogens (tertiary/aromatic N) is 1. The molecule has 0 aromatic heterocycles. The van der Waals surface area contributed by atoms with Gasteiger partial charge in [-0.3, -0.25) is 29.6 Å². The van der Waals surface area contributed by atoms with Crippen molar-refractivity contribution < 1.29 is 37.1 Å². The average molecular weight is 498 g/mol. The van der Waals surface area contributed by atoms with Gasteiger partial charge in [0.2, 0.25) is 5.91 Å². The molecule has 34 heavy (non-hydrogen) atoms. The van der Waals surface area contributed by atoms with E-state index >= 15 is 0 Å². The summed E-state index contributed by atoms with van der Waals surface area (Å²) >= 11 is 5.81. The highest BCUT2D eigenvalue weighted by atomic mass is 35.5. The van der Waals surface area contributed by atoms with Crippen molar-refractivity contribution in [1.29, 1.82) is 0 Å². The molecule has 3 amide bonds. The smallest absolute Gasteiger partial charge is 0.416 e. The molecule has 1 heterocycles. The molecule has 2 aromatic carbocycles. The van der Waals surface area contributed by atoms with Gasteiger partial charge < -0.3 is 10.1 Å². The summed E-state index contributed by atoms with van der Waals surface area (Å²) in [7, 11) is 0. The Labute approximate surface area is 197 Å². The molecule has 1 aliphatic rings. The second-order valence-corrected chi connectivity index (χ2v) is 7.97. The molecule has 0 unspecified atom stereocenters. The number of hydrazine groups is 1. The van der Waals surface area contributed by atoms with E-state index in [1.54, 1.807) is 24.3 Å². The molecule has 2 aromatic rings. The van der Waals surface area contributed by atoms with Gasteiger partial charge in [0.05, 0.1) is 28.7 Å². The van der Waals surface area contributed by atoms with Gasteiger partial charge in [-0.2, -0.15) is 13.2 Å². The Kier molecular flexibility index (Phi) is 7.45. The summed E-state index contributed by atoms with van der Waals surface area (Å²) in [6.07, 6.45) is -4.87. The minimum Gasteiger partial charge on any atom is -0.455 e. The number of alkyl halides is 3. The molecule has 8 nitrogen and oxygen atoms in total. The lowest BCUT2D eigenvalue weighted by Gasteiger charge is -2.17. The Bertz CT molecular complexity index is 1120. The lowest BCUT2D eigenvalue weighted by Crippen LogP contribution is -2.43. The van der Waals surface area contributed by atoms with Crippen molar-refractivity contribution in [3.63, 3.8) is 0 Å². The number of esters is 1. The quantitative estimate of drug-likeness (QED) is 0.596. The highest BCUT2D eigenvalue weighted by Gasteiger charge is 2.37. The first-order valence-electron chi connectivity index (χ1n) is 9.95. The molecule has 2 N–H and O–H groups in total. The second-order valence-electron chi connectivity index (χ2n) is 7.56. The van der Waals surface area contributed by atoms with Crippen LogP contribution < -0.4 is 10.7 Å². The molecular formula is C22H19ClF3N3O5. The van der Waals surface area contributed by atoms with Crippen molar-refractivity contribution in [2.75, 3.05) is 18.5 Å². The molecule has 0 aliphatic carbocycles. The van der Waals surface area contributed by atoms with Gasteiger partial charge in [0.15, 0.2) is 6.61 Å². The zero-order valence-electron chi connectivity index (χ0n) is 17.7. The van der Waals surface area contributed by atoms with Gasteiger partial charge in [-0.15, -0.1) is 0 Å². The van der Waals surface area contributed by atoms with Gasteiger partial charge in [0.1, 0.15) is 0 Å². The number of nitrogens with one attached hydrogen (secondary N) is 2. The number of halogens is 4. The van der Waals surface area contributed by atoms with Gasteiger partial charge in [-0.1, -0.05) is 29.3 Å². The summed E-state index contributed by atoms with van der Waals surface area (Å²) < 4.78 is 43.4. The largest absolute Gasteiger partial charge is 0.455 e. The summed E-state index contributed by atoms with van der Waals surface area (Å²) in [5.41, 5.74) is 2.40. The van der Waals surface area contributed by atoms with Crippen LogP contribution in [-0.2, 0) is 25.3 Å². The third kappa shape index (κ3) is 6.25. The first-order valence-corrected chi connectivity index (χ1v) is 10.3. The summed E-state index contributed by atoms with van der Waals surface area (Å²) in [6.45, 7) is 0.901. The number of ether oxygens (including phenoxy) is 1. The third-order valence-electron chi connectivity index (χ3n) is 4.92. The van der Waals surface area contributed by atoms with E-state index in [-0.39, 0.29) is 23.7 Å². The normalized spacial score (nSPS) is 15.7. The predicted octanol–water partition coefficient (Wildman–Crippen LogP) is 3.34. The Morgan fingerprint density at radius 3 is 2.47 bits per heavy atom. The number of anilines is 1. The summed E-state index contributed by atoms with van der Waals surface area (Å²) in [6, 6.07) is 9.05. The SMILES string of the molecule is Cc1ccc(C(=O)NN2C[C@H](C(=O)OCC(=O)Nc3cc(C(F)(F)F)ccc3Cl)CC2=O)cc1. The summed E-state index contributed by atoms with van der Waals surface area (Å²) in [4.78, 5) is 48.7. The standard InChI is InChI=1S/C22H19ClF3N3O5/c1-12-2-4-13(5-3-12)20(32)28-29-10-14(8-19(29)31)21(33)34-11-18(30)27-17-9-15(22(24,25)26)6-7-16(17)23/h2-7,9,14H,8,10-11H2,1H3,(H,27,30)(H,28,32)/t14-/m1/s1. The van der Waals surface area contributed by atoms with Gasteiger partial charge in [-0.05, 0) is 37.3 Å². The fourth-order valence-corrected chi connectivity index (χ4v) is 3.27. The number of carbonyl (C=O) groups excluding carboxylic acids is 4. The average Bonchev–Trinajstić information content (AvgIpc) is 3.13. The molecule has 1 saturated heterocycles. The van der Waals surface area contributed by atoms with E-state index in [9.17, 15) is 32.3 Å². The number of benzene rings is 2. The highest BCUT2D eigenvalue weighted by molar-refractivity contribution is 6.33. The van der Waals surface area contributed by atoms with E-state index in [0.29, 0.717) is 11.6 Å². The van der Waals surface area contributed by atoms with Crippen molar-refractivity contribution in [2.24, 2.45) is 5.92 Å².